The van der Waals surface area contributed by atoms with Crippen molar-refractivity contribution in [1.29, 1.82) is 0 Å². The lowest BCUT2D eigenvalue weighted by Gasteiger charge is -2.04. The average Bonchev–Trinajstić information content (AvgIpc) is 2.68. The first kappa shape index (κ1) is 12.0. The minimum atomic E-state index is 0.409. The molecular formula is C10H13BrN6. The van der Waals surface area contributed by atoms with Crippen LogP contribution in [0.5, 0.6) is 0 Å². The van der Waals surface area contributed by atoms with Crippen LogP contribution >= 0.6 is 15.9 Å². The lowest BCUT2D eigenvalue weighted by Crippen LogP contribution is -2.09. The highest BCUT2D eigenvalue weighted by Crippen LogP contribution is 2.18. The summed E-state index contributed by atoms with van der Waals surface area (Å²) in [5.41, 5.74) is 7.52. The van der Waals surface area contributed by atoms with Gasteiger partial charge in [0, 0.05) is 0 Å². The van der Waals surface area contributed by atoms with Crippen LogP contribution in [0.3, 0.4) is 0 Å². The summed E-state index contributed by atoms with van der Waals surface area (Å²) in [5.74, 6) is 0.850. The van der Waals surface area contributed by atoms with E-state index in [1.54, 1.807) is 6.20 Å². The van der Waals surface area contributed by atoms with Gasteiger partial charge in [-0.1, -0.05) is 13.8 Å². The number of halogens is 1. The topological polar surface area (TPSA) is 82.5 Å². The van der Waals surface area contributed by atoms with Gasteiger partial charge in [0.25, 0.3) is 5.95 Å². The zero-order valence-electron chi connectivity index (χ0n) is 9.68. The summed E-state index contributed by atoms with van der Waals surface area (Å²) in [7, 11) is 0. The zero-order valence-corrected chi connectivity index (χ0v) is 11.3. The Hall–Kier alpha value is -1.50. The van der Waals surface area contributed by atoms with Crippen molar-refractivity contribution in [2.24, 2.45) is 0 Å². The second-order valence-corrected chi connectivity index (χ2v) is 4.37. The molecule has 0 aliphatic rings. The Morgan fingerprint density at radius 2 is 1.94 bits per heavy atom. The number of nitrogen functional groups attached to an aromatic ring is 1. The molecule has 0 aliphatic heterocycles. The van der Waals surface area contributed by atoms with Crippen LogP contribution in [0.25, 0.3) is 5.95 Å². The molecule has 17 heavy (non-hydrogen) atoms. The van der Waals surface area contributed by atoms with Gasteiger partial charge < -0.3 is 5.73 Å². The summed E-state index contributed by atoms with van der Waals surface area (Å²) in [6.07, 6.45) is 3.37. The minimum absolute atomic E-state index is 0.409. The molecule has 0 unspecified atom stereocenters. The molecule has 2 aromatic rings. The molecule has 0 amide bonds. The fourth-order valence-corrected chi connectivity index (χ4v) is 1.77. The van der Waals surface area contributed by atoms with Gasteiger partial charge >= 0.3 is 0 Å². The van der Waals surface area contributed by atoms with Crippen molar-refractivity contribution in [1.82, 2.24) is 25.0 Å². The molecule has 7 heteroatoms. The van der Waals surface area contributed by atoms with Crippen LogP contribution in [0.4, 0.5) is 5.82 Å². The number of nitrogens with zero attached hydrogens (tertiary/aromatic N) is 5. The summed E-state index contributed by atoms with van der Waals surface area (Å²) >= 11 is 3.29. The third kappa shape index (κ3) is 2.28. The Bertz CT molecular complexity index is 516. The Morgan fingerprint density at radius 3 is 2.47 bits per heavy atom. The molecule has 0 fully saturated rings. The van der Waals surface area contributed by atoms with E-state index in [4.69, 9.17) is 5.73 Å². The summed E-state index contributed by atoms with van der Waals surface area (Å²) in [5, 5.41) is 12.3. The lowest BCUT2D eigenvalue weighted by molar-refractivity contribution is 0.731. The molecule has 0 saturated carbocycles. The molecule has 0 atom stereocenters. The van der Waals surface area contributed by atoms with E-state index in [9.17, 15) is 0 Å². The number of anilines is 1. The molecular weight excluding hydrogens is 284 g/mol. The Kier molecular flexibility index (Phi) is 3.37. The third-order valence-corrected chi connectivity index (χ3v) is 3.01. The first-order chi connectivity index (χ1) is 8.15. The largest absolute Gasteiger partial charge is 0.381 e. The molecule has 0 aliphatic carbocycles. The summed E-state index contributed by atoms with van der Waals surface area (Å²) < 4.78 is 2.24. The maximum Gasteiger partial charge on any atom is 0.270 e. The predicted octanol–water partition coefficient (Wildman–Crippen LogP) is 1.53. The molecule has 0 saturated heterocycles. The first-order valence-electron chi connectivity index (χ1n) is 5.39. The van der Waals surface area contributed by atoms with E-state index in [2.05, 4.69) is 36.2 Å². The van der Waals surface area contributed by atoms with Crippen LogP contribution in [0, 0.1) is 0 Å². The molecule has 2 N–H and O–H groups in total. The van der Waals surface area contributed by atoms with Crippen LogP contribution in [-0.2, 0) is 12.8 Å². The SMILES string of the molecule is CCc1nnc(-n2cc(Br)c(N)n2)nc1CC. The van der Waals surface area contributed by atoms with Gasteiger partial charge in [-0.05, 0) is 28.8 Å². The Labute approximate surface area is 107 Å². The van der Waals surface area contributed by atoms with E-state index < -0.39 is 0 Å². The summed E-state index contributed by atoms with van der Waals surface area (Å²) in [6, 6.07) is 0. The highest BCUT2D eigenvalue weighted by atomic mass is 79.9. The molecule has 0 bridgehead atoms. The number of aryl methyl sites for hydroxylation is 2. The number of rotatable bonds is 3. The fraction of sp³-hybridized carbons (Fsp3) is 0.400. The molecule has 0 aromatic carbocycles. The number of aromatic nitrogens is 5. The van der Waals surface area contributed by atoms with E-state index in [1.165, 1.54) is 4.68 Å². The molecule has 2 heterocycles. The molecule has 2 rings (SSSR count). The second kappa shape index (κ2) is 4.79. The van der Waals surface area contributed by atoms with Crippen molar-refractivity contribution in [2.75, 3.05) is 5.73 Å². The van der Waals surface area contributed by atoms with Crippen LogP contribution in [0.15, 0.2) is 10.7 Å². The van der Waals surface area contributed by atoms with Crippen LogP contribution in [-0.4, -0.2) is 25.0 Å². The molecule has 0 radical (unpaired) electrons. The van der Waals surface area contributed by atoms with E-state index in [0.717, 1.165) is 28.7 Å². The number of hydrogen-bond acceptors (Lipinski definition) is 5. The molecule has 2 aromatic heterocycles. The van der Waals surface area contributed by atoms with Crippen molar-refractivity contribution < 1.29 is 0 Å². The standard InChI is InChI=1S/C10H13BrN6/c1-3-7-8(4-2)14-15-10(13-7)17-5-6(11)9(12)16-17/h5H,3-4H2,1-2H3,(H2,12,16). The quantitative estimate of drug-likeness (QED) is 0.929. The minimum Gasteiger partial charge on any atom is -0.381 e. The zero-order chi connectivity index (χ0) is 12.4. The predicted molar refractivity (Wildman–Crippen MR) is 67.8 cm³/mol. The van der Waals surface area contributed by atoms with Gasteiger partial charge in [-0.2, -0.15) is 0 Å². The Morgan fingerprint density at radius 1 is 1.24 bits per heavy atom. The van der Waals surface area contributed by atoms with Crippen molar-refractivity contribution in [2.45, 2.75) is 26.7 Å². The summed E-state index contributed by atoms with van der Waals surface area (Å²) in [4.78, 5) is 4.44. The van der Waals surface area contributed by atoms with Crippen molar-refractivity contribution in [3.05, 3.63) is 22.1 Å². The summed E-state index contributed by atoms with van der Waals surface area (Å²) in [6.45, 7) is 4.08. The molecule has 0 spiro atoms. The van der Waals surface area contributed by atoms with Gasteiger partial charge in [0.05, 0.1) is 22.1 Å². The second-order valence-electron chi connectivity index (χ2n) is 3.52. The van der Waals surface area contributed by atoms with Gasteiger partial charge in [-0.25, -0.2) is 9.67 Å². The average molecular weight is 297 g/mol. The number of hydrogen-bond donors (Lipinski definition) is 1. The molecule has 6 nitrogen and oxygen atoms in total. The van der Waals surface area contributed by atoms with Crippen molar-refractivity contribution in [3.8, 4) is 5.95 Å². The van der Waals surface area contributed by atoms with Gasteiger partial charge in [0.1, 0.15) is 0 Å². The highest BCUT2D eigenvalue weighted by Gasteiger charge is 2.10. The first-order valence-corrected chi connectivity index (χ1v) is 6.18. The maximum atomic E-state index is 5.65. The van der Waals surface area contributed by atoms with Crippen LogP contribution in [0.1, 0.15) is 25.2 Å². The number of nitrogens with two attached hydrogens (primary N) is 1. The maximum absolute atomic E-state index is 5.65. The van der Waals surface area contributed by atoms with Gasteiger partial charge in [-0.15, -0.1) is 15.3 Å². The highest BCUT2D eigenvalue weighted by molar-refractivity contribution is 9.10. The van der Waals surface area contributed by atoms with E-state index in [0.29, 0.717) is 11.8 Å². The monoisotopic (exact) mass is 296 g/mol. The van der Waals surface area contributed by atoms with Crippen LogP contribution in [0.2, 0.25) is 0 Å². The van der Waals surface area contributed by atoms with Crippen molar-refractivity contribution in [3.63, 3.8) is 0 Å². The normalized spacial score (nSPS) is 10.8. The van der Waals surface area contributed by atoms with Gasteiger partial charge in [-0.3, -0.25) is 0 Å². The van der Waals surface area contributed by atoms with E-state index >= 15 is 0 Å². The van der Waals surface area contributed by atoms with Crippen molar-refractivity contribution >= 4 is 21.7 Å². The van der Waals surface area contributed by atoms with E-state index in [-0.39, 0.29) is 0 Å². The van der Waals surface area contributed by atoms with E-state index in [1.807, 2.05) is 13.8 Å². The van der Waals surface area contributed by atoms with Gasteiger partial charge in [0.15, 0.2) is 5.82 Å². The van der Waals surface area contributed by atoms with Gasteiger partial charge in [0.2, 0.25) is 0 Å². The fourth-order valence-electron chi connectivity index (χ4n) is 1.49. The Balaban J connectivity index is 2.46. The third-order valence-electron chi connectivity index (χ3n) is 2.40. The van der Waals surface area contributed by atoms with Crippen LogP contribution < -0.4 is 5.73 Å². The smallest absolute Gasteiger partial charge is 0.270 e. The lowest BCUT2D eigenvalue weighted by atomic mass is 10.2. The molecule has 90 valence electrons.